The maximum Gasteiger partial charge on any atom is 0.339 e. The minimum atomic E-state index is -1.34. The molecule has 1 radical (unpaired) electrons. The monoisotopic (exact) mass is 764 g/mol. The molecule has 1 unspecified atom stereocenters. The number of carboxylic acids is 1. The molecule has 6 rings (SSSR count). The third-order valence-corrected chi connectivity index (χ3v) is 7.51. The number of aromatic carboxylic acids is 1. The molecule has 1 heterocycles. The van der Waals surface area contributed by atoms with Crippen molar-refractivity contribution in [1.29, 1.82) is 0 Å². The molecule has 0 aromatic heterocycles. The molecule has 0 saturated heterocycles. The zero-order valence-electron chi connectivity index (χ0n) is 29.3. The summed E-state index contributed by atoms with van der Waals surface area (Å²) in [7, 11) is 0. The molecule has 1 aliphatic heterocycles. The van der Waals surface area contributed by atoms with Gasteiger partial charge in [0.15, 0.2) is 6.04 Å². The molecule has 0 bridgehead atoms. The number of carbonyl (C=O) groups is 1. The van der Waals surface area contributed by atoms with Gasteiger partial charge in [-0.3, -0.25) is 0 Å². The van der Waals surface area contributed by atoms with Gasteiger partial charge < -0.3 is 35.7 Å². The number of hydrogen-bond acceptors (Lipinski definition) is 16. The van der Waals surface area contributed by atoms with Gasteiger partial charge in [0, 0.05) is 47.3 Å². The van der Waals surface area contributed by atoms with Gasteiger partial charge in [-0.15, -0.1) is 20.4 Å². The van der Waals surface area contributed by atoms with Crippen LogP contribution in [0.4, 0.5) is 45.5 Å². The number of aromatic hydroxyl groups is 4. The largest absolute Gasteiger partial charge is 0.507 e. The number of rotatable bonds is 11. The first-order valence-corrected chi connectivity index (χ1v) is 15.8. The SMILES string of the molecule is CC1=NN=C(O)C1N=Nc1ccc(N=C(O)c2ccc(N=Nc3cc(N=Nc4cc(N=Nc5ccc(O)c(C(=O)O)c5)ccc4O)c(O)cc3O)cc2)cc1.[Na]. The van der Waals surface area contributed by atoms with Crippen molar-refractivity contribution >= 4 is 98.5 Å². The molecule has 0 fully saturated rings. The van der Waals surface area contributed by atoms with Gasteiger partial charge in [-0.05, 0) is 91.9 Å². The van der Waals surface area contributed by atoms with Gasteiger partial charge in [0.2, 0.25) is 11.8 Å². The van der Waals surface area contributed by atoms with Crippen LogP contribution in [0.15, 0.2) is 153 Å². The van der Waals surface area contributed by atoms with Crippen LogP contribution in [0.3, 0.4) is 0 Å². The average Bonchev–Trinajstić information content (AvgIpc) is 3.50. The summed E-state index contributed by atoms with van der Waals surface area (Å²) >= 11 is 0. The van der Waals surface area contributed by atoms with Crippen molar-refractivity contribution in [2.24, 2.45) is 56.1 Å². The topological polar surface area (TPSA) is 295 Å². The maximum atomic E-state index is 11.3. The minimum absolute atomic E-state index is 0. The molecular formula is C36H27N11NaO8. The van der Waals surface area contributed by atoms with Gasteiger partial charge in [-0.2, -0.15) is 30.7 Å². The average molecular weight is 765 g/mol. The Morgan fingerprint density at radius 3 is 1.64 bits per heavy atom. The van der Waals surface area contributed by atoms with Crippen LogP contribution in [0.25, 0.3) is 0 Å². The van der Waals surface area contributed by atoms with E-state index in [1.807, 2.05) is 0 Å². The fraction of sp³-hybridized carbons (Fsp3) is 0.0556. The van der Waals surface area contributed by atoms with E-state index in [1.165, 1.54) is 36.4 Å². The van der Waals surface area contributed by atoms with Crippen molar-refractivity contribution in [3.05, 3.63) is 108 Å². The quantitative estimate of drug-likeness (QED) is 0.0293. The molecule has 5 aromatic carbocycles. The number of azo groups is 4. The summed E-state index contributed by atoms with van der Waals surface area (Å²) in [4.78, 5) is 15.5. The summed E-state index contributed by atoms with van der Waals surface area (Å²) in [5, 5.41) is 110. The minimum Gasteiger partial charge on any atom is -0.507 e. The first kappa shape index (κ1) is 40.0. The van der Waals surface area contributed by atoms with Gasteiger partial charge in [-0.25, -0.2) is 9.79 Å². The van der Waals surface area contributed by atoms with Crippen LogP contribution < -0.4 is 0 Å². The predicted molar refractivity (Wildman–Crippen MR) is 204 cm³/mol. The number of aliphatic hydroxyl groups excluding tert-OH is 2. The summed E-state index contributed by atoms with van der Waals surface area (Å²) in [6, 6.07) is 21.9. The van der Waals surface area contributed by atoms with Gasteiger partial charge in [-0.1, -0.05) is 0 Å². The van der Waals surface area contributed by atoms with Gasteiger partial charge >= 0.3 is 5.97 Å². The maximum absolute atomic E-state index is 11.3. The molecule has 1 atom stereocenters. The van der Waals surface area contributed by atoms with E-state index in [4.69, 9.17) is 0 Å². The first-order valence-electron chi connectivity index (χ1n) is 15.8. The molecule has 275 valence electrons. The van der Waals surface area contributed by atoms with Crippen LogP contribution in [0, 0.1) is 0 Å². The van der Waals surface area contributed by atoms with E-state index >= 15 is 0 Å². The molecule has 0 amide bonds. The van der Waals surface area contributed by atoms with Crippen molar-refractivity contribution in [3.8, 4) is 23.0 Å². The zero-order valence-corrected chi connectivity index (χ0v) is 31.3. The van der Waals surface area contributed by atoms with Crippen LogP contribution in [-0.2, 0) is 0 Å². The molecule has 56 heavy (non-hydrogen) atoms. The number of carboxylic acid groups (broad SMARTS) is 1. The van der Waals surface area contributed by atoms with E-state index in [1.54, 1.807) is 55.5 Å². The second-order valence-electron chi connectivity index (χ2n) is 11.4. The van der Waals surface area contributed by atoms with E-state index in [0.717, 1.165) is 12.1 Å². The number of benzene rings is 5. The van der Waals surface area contributed by atoms with E-state index in [-0.39, 0.29) is 81.1 Å². The molecular weight excluding hydrogens is 737 g/mol. The molecule has 20 heteroatoms. The summed E-state index contributed by atoms with van der Waals surface area (Å²) in [5.41, 5.74) is 1.94. The van der Waals surface area contributed by atoms with Crippen LogP contribution >= 0.6 is 0 Å². The fourth-order valence-electron chi connectivity index (χ4n) is 4.61. The molecule has 1 aliphatic rings. The predicted octanol–water partition coefficient (Wildman–Crippen LogP) is 9.51. The van der Waals surface area contributed by atoms with E-state index < -0.39 is 29.3 Å². The van der Waals surface area contributed by atoms with Crippen molar-refractivity contribution < 1.29 is 40.5 Å². The number of nitrogens with zero attached hydrogens (tertiary/aromatic N) is 11. The first-order chi connectivity index (χ1) is 26.4. The van der Waals surface area contributed by atoms with Gasteiger partial charge in [0.1, 0.15) is 45.6 Å². The number of phenols is 4. The summed E-state index contributed by atoms with van der Waals surface area (Å²) < 4.78 is 0. The standard InChI is InChI=1S/C36H27N11O8.Na/c1-18-33(35(53)47-38-18)46-40-22-8-6-20(7-9-22)37-34(52)19-2-4-21(5-3-19)39-43-27-16-28(32(51)17-31(27)50)45-44-26-15-24(11-13-30(26)49)42-41-23-10-12-29(48)25(14-23)36(54)55;/h2-17,33,48-51H,1H3,(H,37,52)(H,47,53)(H,54,55);. The molecule has 0 saturated carbocycles. The second-order valence-corrected chi connectivity index (χ2v) is 11.4. The molecule has 19 nitrogen and oxygen atoms in total. The van der Waals surface area contributed by atoms with Crippen molar-refractivity contribution in [1.82, 2.24) is 0 Å². The van der Waals surface area contributed by atoms with E-state index in [2.05, 4.69) is 56.1 Å². The third kappa shape index (κ3) is 9.85. The smallest absolute Gasteiger partial charge is 0.339 e. The molecule has 5 aromatic rings. The Balaban J connectivity index is 0.00000600. The number of aliphatic imine (C=N–C) groups is 1. The van der Waals surface area contributed by atoms with E-state index in [9.17, 15) is 40.5 Å². The Bertz CT molecular complexity index is 2480. The molecule has 0 aliphatic carbocycles. The van der Waals surface area contributed by atoms with Crippen LogP contribution in [-0.4, -0.2) is 94.8 Å². The number of phenolic OH excluding ortho intramolecular Hbond substituents is 3. The van der Waals surface area contributed by atoms with Crippen LogP contribution in [0.5, 0.6) is 23.0 Å². The van der Waals surface area contributed by atoms with Gasteiger partial charge in [0.05, 0.1) is 34.1 Å². The fourth-order valence-corrected chi connectivity index (χ4v) is 4.61. The summed E-state index contributed by atoms with van der Waals surface area (Å²) in [6.45, 7) is 1.68. The zero-order chi connectivity index (χ0) is 39.1. The Morgan fingerprint density at radius 1 is 0.536 bits per heavy atom. The van der Waals surface area contributed by atoms with Crippen molar-refractivity contribution in [3.63, 3.8) is 0 Å². The number of hydrogen-bond donors (Lipinski definition) is 7. The Morgan fingerprint density at radius 2 is 1.04 bits per heavy atom. The molecule has 7 N–H and O–H groups in total. The Kier molecular flexibility index (Phi) is 12.7. The third-order valence-electron chi connectivity index (χ3n) is 7.51. The number of aliphatic hydroxyl groups is 2. The summed E-state index contributed by atoms with van der Waals surface area (Å²) in [5.74, 6) is -3.40. The van der Waals surface area contributed by atoms with Crippen molar-refractivity contribution in [2.75, 3.05) is 0 Å². The molecule has 0 spiro atoms. The normalized spacial score (nSPS) is 14.4. The van der Waals surface area contributed by atoms with Crippen molar-refractivity contribution in [2.45, 2.75) is 13.0 Å². The Labute approximate surface area is 337 Å². The Hall–Kier alpha value is -7.22. The van der Waals surface area contributed by atoms with Crippen LogP contribution in [0.2, 0.25) is 0 Å². The summed E-state index contributed by atoms with van der Waals surface area (Å²) in [6.07, 6.45) is 0. The second kappa shape index (κ2) is 17.7. The van der Waals surface area contributed by atoms with Gasteiger partial charge in [0.25, 0.3) is 0 Å². The van der Waals surface area contributed by atoms with Crippen LogP contribution in [0.1, 0.15) is 22.8 Å². The van der Waals surface area contributed by atoms with E-state index in [0.29, 0.717) is 28.3 Å².